The number of anilines is 2. The van der Waals surface area contributed by atoms with Crippen LogP contribution >= 0.6 is 0 Å². The molecule has 4 nitrogen and oxygen atoms in total. The zero-order valence-electron chi connectivity index (χ0n) is 24.3. The Balaban J connectivity index is 0.000000355. The molecular formula is C31H50N2O2. The fourth-order valence-corrected chi connectivity index (χ4v) is 3.23. The maximum Gasteiger partial charge on any atom is 0.311 e. The number of hydrogen-bond donors (Lipinski definition) is 2. The normalized spacial score (nSPS) is 12.3. The number of nitrogens with one attached hydrogen (secondary N) is 2. The molecule has 0 fully saturated rings. The quantitative estimate of drug-likeness (QED) is 0.420. The number of carbonyl (C=O) groups excluding carboxylic acids is 1. The monoisotopic (exact) mass is 482 g/mol. The Hall–Kier alpha value is -2.49. The van der Waals surface area contributed by atoms with Crippen molar-refractivity contribution in [3.63, 3.8) is 0 Å². The molecule has 2 rings (SSSR count). The van der Waals surface area contributed by atoms with Crippen LogP contribution in [0, 0.1) is 10.8 Å². The van der Waals surface area contributed by atoms with Gasteiger partial charge < -0.3 is 15.4 Å². The summed E-state index contributed by atoms with van der Waals surface area (Å²) in [4.78, 5) is 11.7. The smallest absolute Gasteiger partial charge is 0.311 e. The van der Waals surface area contributed by atoms with Gasteiger partial charge in [-0.2, -0.15) is 0 Å². The summed E-state index contributed by atoms with van der Waals surface area (Å²) in [5.74, 6) is -0.176. The largest absolute Gasteiger partial charge is 0.460 e. The molecule has 0 bridgehead atoms. The van der Waals surface area contributed by atoms with E-state index in [-0.39, 0.29) is 17.0 Å². The van der Waals surface area contributed by atoms with Gasteiger partial charge in [0.25, 0.3) is 0 Å². The predicted octanol–water partition coefficient (Wildman–Crippen LogP) is 8.47. The minimum absolute atomic E-state index is 0.0419. The van der Waals surface area contributed by atoms with Crippen LogP contribution in [-0.4, -0.2) is 17.0 Å². The van der Waals surface area contributed by atoms with Gasteiger partial charge in [0, 0.05) is 22.5 Å². The van der Waals surface area contributed by atoms with Crippen molar-refractivity contribution in [3.05, 3.63) is 59.7 Å². The second-order valence-corrected chi connectivity index (χ2v) is 13.7. The van der Waals surface area contributed by atoms with E-state index in [9.17, 15) is 4.79 Å². The van der Waals surface area contributed by atoms with Crippen molar-refractivity contribution in [3.8, 4) is 0 Å². The van der Waals surface area contributed by atoms with Crippen molar-refractivity contribution < 1.29 is 9.53 Å². The molecule has 0 unspecified atom stereocenters. The standard InChI is InChI=1S/C16H25NO2.C15H25N/c1-15(2,3)14(18)19-11-12-7-9-13(10-8-12)17-16(4,5)6;1-14(2,3)11-12-7-9-13(10-8-12)16-15(4,5)6/h7-10,17H,11H2,1-6H3;7-10,16H,11H2,1-6H3. The Morgan fingerprint density at radius 1 is 0.629 bits per heavy atom. The number of ether oxygens (including phenoxy) is 1. The topological polar surface area (TPSA) is 50.4 Å². The van der Waals surface area contributed by atoms with Gasteiger partial charge in [-0.1, -0.05) is 45.0 Å². The molecule has 0 amide bonds. The van der Waals surface area contributed by atoms with E-state index in [1.54, 1.807) is 0 Å². The minimum atomic E-state index is -0.451. The lowest BCUT2D eigenvalue weighted by atomic mass is 9.88. The van der Waals surface area contributed by atoms with Gasteiger partial charge >= 0.3 is 5.97 Å². The van der Waals surface area contributed by atoms with Crippen molar-refractivity contribution in [2.75, 3.05) is 10.6 Å². The van der Waals surface area contributed by atoms with E-state index in [4.69, 9.17) is 4.74 Å². The lowest BCUT2D eigenvalue weighted by Crippen LogP contribution is -2.26. The van der Waals surface area contributed by atoms with Gasteiger partial charge in [-0.25, -0.2) is 0 Å². The molecule has 0 spiro atoms. The fraction of sp³-hybridized carbons (Fsp3) is 0.581. The number of carbonyl (C=O) groups is 1. The Bertz CT molecular complexity index is 866. The first-order valence-corrected chi connectivity index (χ1v) is 12.7. The molecule has 0 heterocycles. The van der Waals surface area contributed by atoms with Crippen LogP contribution in [-0.2, 0) is 22.6 Å². The van der Waals surface area contributed by atoms with Gasteiger partial charge in [0.15, 0.2) is 0 Å². The van der Waals surface area contributed by atoms with Crippen LogP contribution in [0.4, 0.5) is 11.4 Å². The molecule has 35 heavy (non-hydrogen) atoms. The summed E-state index contributed by atoms with van der Waals surface area (Å²) in [5, 5.41) is 6.86. The van der Waals surface area contributed by atoms with Gasteiger partial charge in [-0.3, -0.25) is 4.79 Å². The molecule has 0 aliphatic carbocycles. The molecule has 0 aliphatic heterocycles. The van der Waals surface area contributed by atoms with Gasteiger partial charge in [0.05, 0.1) is 5.41 Å². The molecule has 2 N–H and O–H groups in total. The first-order chi connectivity index (χ1) is 15.7. The van der Waals surface area contributed by atoms with E-state index < -0.39 is 5.41 Å². The summed E-state index contributed by atoms with van der Waals surface area (Å²) in [5.41, 5.74) is 4.76. The van der Waals surface area contributed by atoms with Crippen molar-refractivity contribution in [2.45, 2.75) is 107 Å². The SMILES string of the molecule is CC(C)(C)Cc1ccc(NC(C)(C)C)cc1.CC(C)(C)Nc1ccc(COC(=O)C(C)(C)C)cc1. The number of benzene rings is 2. The third-order valence-electron chi connectivity index (χ3n) is 4.66. The highest BCUT2D eigenvalue weighted by atomic mass is 16.5. The van der Waals surface area contributed by atoms with Crippen molar-refractivity contribution >= 4 is 17.3 Å². The molecule has 0 radical (unpaired) electrons. The lowest BCUT2D eigenvalue weighted by Gasteiger charge is -2.23. The Morgan fingerprint density at radius 3 is 1.31 bits per heavy atom. The molecule has 0 aliphatic rings. The van der Waals surface area contributed by atoms with Crippen LogP contribution in [0.3, 0.4) is 0 Å². The van der Waals surface area contributed by atoms with Gasteiger partial charge in [-0.05, 0) is 110 Å². The molecule has 2 aromatic carbocycles. The molecular weight excluding hydrogens is 432 g/mol. The van der Waals surface area contributed by atoms with Gasteiger partial charge in [0.2, 0.25) is 0 Å². The first kappa shape index (κ1) is 30.5. The van der Waals surface area contributed by atoms with E-state index in [2.05, 4.69) is 97.2 Å². The van der Waals surface area contributed by atoms with Crippen LogP contribution in [0.2, 0.25) is 0 Å². The number of hydrogen-bond acceptors (Lipinski definition) is 4. The van der Waals surface area contributed by atoms with Gasteiger partial charge in [0.1, 0.15) is 6.61 Å². The first-order valence-electron chi connectivity index (χ1n) is 12.7. The zero-order valence-corrected chi connectivity index (χ0v) is 24.3. The molecule has 4 heteroatoms. The Kier molecular flexibility index (Phi) is 10.4. The van der Waals surface area contributed by atoms with E-state index in [0.717, 1.165) is 17.7 Å². The maximum absolute atomic E-state index is 11.7. The molecule has 0 atom stereocenters. The summed E-state index contributed by atoms with van der Waals surface area (Å²) in [6, 6.07) is 16.8. The van der Waals surface area contributed by atoms with Crippen LogP contribution in [0.1, 0.15) is 94.2 Å². The predicted molar refractivity (Wildman–Crippen MR) is 152 cm³/mol. The van der Waals surface area contributed by atoms with Gasteiger partial charge in [-0.15, -0.1) is 0 Å². The summed E-state index contributed by atoms with van der Waals surface area (Å²) in [6.45, 7) is 25.6. The lowest BCUT2D eigenvalue weighted by molar-refractivity contribution is -0.154. The summed E-state index contributed by atoms with van der Waals surface area (Å²) >= 11 is 0. The Morgan fingerprint density at radius 2 is 1.00 bits per heavy atom. The highest BCUT2D eigenvalue weighted by Crippen LogP contribution is 2.23. The van der Waals surface area contributed by atoms with E-state index >= 15 is 0 Å². The summed E-state index contributed by atoms with van der Waals surface area (Å²) < 4.78 is 5.27. The van der Waals surface area contributed by atoms with E-state index in [0.29, 0.717) is 12.0 Å². The molecule has 0 aromatic heterocycles. The highest BCUT2D eigenvalue weighted by molar-refractivity contribution is 5.75. The van der Waals surface area contributed by atoms with E-state index in [1.807, 2.05) is 45.0 Å². The van der Waals surface area contributed by atoms with Crippen LogP contribution < -0.4 is 10.6 Å². The Labute approximate surface area is 215 Å². The van der Waals surface area contributed by atoms with Crippen LogP contribution in [0.5, 0.6) is 0 Å². The second kappa shape index (κ2) is 12.0. The fourth-order valence-electron chi connectivity index (χ4n) is 3.23. The third kappa shape index (κ3) is 14.5. The maximum atomic E-state index is 11.7. The molecule has 2 aromatic rings. The minimum Gasteiger partial charge on any atom is -0.460 e. The molecule has 0 saturated heterocycles. The zero-order chi connectivity index (χ0) is 27.1. The van der Waals surface area contributed by atoms with Crippen molar-refractivity contribution in [2.24, 2.45) is 10.8 Å². The number of rotatable bonds is 5. The summed E-state index contributed by atoms with van der Waals surface area (Å²) in [7, 11) is 0. The van der Waals surface area contributed by atoms with E-state index in [1.165, 1.54) is 11.3 Å². The average molecular weight is 483 g/mol. The second-order valence-electron chi connectivity index (χ2n) is 13.7. The van der Waals surface area contributed by atoms with Crippen molar-refractivity contribution in [1.29, 1.82) is 0 Å². The summed E-state index contributed by atoms with van der Waals surface area (Å²) in [6.07, 6.45) is 1.13. The molecule has 0 saturated carbocycles. The van der Waals surface area contributed by atoms with Crippen LogP contribution in [0.15, 0.2) is 48.5 Å². The third-order valence-corrected chi connectivity index (χ3v) is 4.66. The highest BCUT2D eigenvalue weighted by Gasteiger charge is 2.22. The average Bonchev–Trinajstić information content (AvgIpc) is 2.65. The number of esters is 1. The van der Waals surface area contributed by atoms with Crippen molar-refractivity contribution in [1.82, 2.24) is 0 Å². The molecule has 196 valence electrons. The van der Waals surface area contributed by atoms with Crippen LogP contribution in [0.25, 0.3) is 0 Å².